The second kappa shape index (κ2) is 11.9. The first-order valence-corrected chi connectivity index (χ1v) is 11.4. The molecule has 1 heterocycles. The van der Waals surface area contributed by atoms with Gasteiger partial charge in [0.25, 0.3) is 0 Å². The van der Waals surface area contributed by atoms with Crippen LogP contribution in [-0.4, -0.2) is 34.1 Å². The minimum absolute atomic E-state index is 0.0539. The van der Waals surface area contributed by atoms with Crippen molar-refractivity contribution in [3.05, 3.63) is 58.4 Å². The zero-order valence-corrected chi connectivity index (χ0v) is 20.4. The van der Waals surface area contributed by atoms with Gasteiger partial charge in [-0.1, -0.05) is 17.7 Å². The van der Waals surface area contributed by atoms with Gasteiger partial charge >= 0.3 is 12.2 Å². The van der Waals surface area contributed by atoms with Crippen LogP contribution in [0.15, 0.2) is 36.4 Å². The number of nitrogens with two attached hydrogens (primary N) is 1. The van der Waals surface area contributed by atoms with Gasteiger partial charge in [0, 0.05) is 23.6 Å². The average molecular weight is 523 g/mol. The van der Waals surface area contributed by atoms with E-state index in [2.05, 4.69) is 36.2 Å². The van der Waals surface area contributed by atoms with Crippen LogP contribution in [0.2, 0.25) is 5.02 Å². The van der Waals surface area contributed by atoms with Crippen LogP contribution in [0.1, 0.15) is 29.8 Å². The van der Waals surface area contributed by atoms with E-state index in [-0.39, 0.29) is 5.69 Å². The highest BCUT2D eigenvalue weighted by Gasteiger charge is 2.33. The molecule has 0 saturated carbocycles. The fraction of sp³-hybridized carbons (Fsp3) is 0.304. The van der Waals surface area contributed by atoms with Crippen LogP contribution in [0.5, 0.6) is 0 Å². The van der Waals surface area contributed by atoms with Gasteiger partial charge in [-0.05, 0) is 69.1 Å². The zero-order chi connectivity index (χ0) is 26.3. The molecule has 0 unspecified atom stereocenters. The van der Waals surface area contributed by atoms with Crippen LogP contribution in [-0.2, 0) is 6.18 Å². The maximum absolute atomic E-state index is 13.1. The minimum atomic E-state index is -4.64. The number of nitrogens with one attached hydrogen (secondary N) is 4. The number of hydrogen-bond acceptors (Lipinski definition) is 7. The lowest BCUT2D eigenvalue weighted by atomic mass is 10.2. The first-order chi connectivity index (χ1) is 17.0. The SMILES string of the molecule is Cc1nc(NCCCCN)nc(Nc2cc(NC(=O)Nc3ccc(Cl)c(C(F)(F)F)c3)ccc2C)n1. The Morgan fingerprint density at radius 3 is 2.33 bits per heavy atom. The fourth-order valence-corrected chi connectivity index (χ4v) is 3.38. The van der Waals surface area contributed by atoms with Gasteiger partial charge in [-0.2, -0.15) is 28.1 Å². The van der Waals surface area contributed by atoms with Gasteiger partial charge in [0.1, 0.15) is 5.82 Å². The number of rotatable bonds is 9. The molecule has 3 aromatic rings. The Labute approximate surface area is 211 Å². The van der Waals surface area contributed by atoms with Gasteiger partial charge in [-0.15, -0.1) is 0 Å². The Morgan fingerprint density at radius 2 is 1.64 bits per heavy atom. The number of amides is 2. The largest absolute Gasteiger partial charge is 0.417 e. The molecule has 0 fully saturated rings. The van der Waals surface area contributed by atoms with Gasteiger partial charge in [0.05, 0.1) is 10.6 Å². The molecule has 0 radical (unpaired) electrons. The molecule has 13 heteroatoms. The molecular weight excluding hydrogens is 497 g/mol. The number of aryl methyl sites for hydroxylation is 2. The average Bonchev–Trinajstić information content (AvgIpc) is 2.79. The van der Waals surface area contributed by atoms with Crippen LogP contribution >= 0.6 is 11.6 Å². The van der Waals surface area contributed by atoms with Crippen molar-refractivity contribution in [1.29, 1.82) is 0 Å². The van der Waals surface area contributed by atoms with E-state index in [0.29, 0.717) is 42.2 Å². The van der Waals surface area contributed by atoms with Crippen molar-refractivity contribution >= 4 is 46.6 Å². The number of nitrogens with zero attached hydrogens (tertiary/aromatic N) is 3. The number of halogens is 4. The Balaban J connectivity index is 1.70. The van der Waals surface area contributed by atoms with Crippen molar-refractivity contribution < 1.29 is 18.0 Å². The van der Waals surface area contributed by atoms with Crippen molar-refractivity contribution in [2.24, 2.45) is 5.73 Å². The first kappa shape index (κ1) is 27.0. The number of alkyl halides is 3. The molecule has 9 nitrogen and oxygen atoms in total. The molecule has 0 atom stereocenters. The number of unbranched alkanes of at least 4 members (excludes halogenated alkanes) is 1. The molecule has 3 rings (SSSR count). The molecule has 0 bridgehead atoms. The molecule has 0 aliphatic carbocycles. The lowest BCUT2D eigenvalue weighted by Crippen LogP contribution is -2.20. The summed E-state index contributed by atoms with van der Waals surface area (Å²) in [4.78, 5) is 25.4. The molecule has 1 aromatic heterocycles. The Morgan fingerprint density at radius 1 is 0.972 bits per heavy atom. The lowest BCUT2D eigenvalue weighted by molar-refractivity contribution is -0.137. The Kier molecular flexibility index (Phi) is 8.88. The van der Waals surface area contributed by atoms with E-state index < -0.39 is 22.8 Å². The second-order valence-electron chi connectivity index (χ2n) is 7.88. The van der Waals surface area contributed by atoms with Crippen molar-refractivity contribution in [1.82, 2.24) is 15.0 Å². The molecular formula is C23H26ClF3N8O. The van der Waals surface area contributed by atoms with E-state index in [4.69, 9.17) is 17.3 Å². The summed E-state index contributed by atoms with van der Waals surface area (Å²) in [5.74, 6) is 1.25. The molecule has 36 heavy (non-hydrogen) atoms. The number of urea groups is 1. The summed E-state index contributed by atoms with van der Waals surface area (Å²) in [5, 5.41) is 10.8. The summed E-state index contributed by atoms with van der Waals surface area (Å²) in [6.07, 6.45) is -2.88. The van der Waals surface area contributed by atoms with Crippen molar-refractivity contribution in [2.75, 3.05) is 34.4 Å². The molecule has 2 amide bonds. The topological polar surface area (TPSA) is 130 Å². The third-order valence-electron chi connectivity index (χ3n) is 4.93. The summed E-state index contributed by atoms with van der Waals surface area (Å²) < 4.78 is 39.2. The van der Waals surface area contributed by atoms with Gasteiger partial charge in [-0.25, -0.2) is 4.79 Å². The number of benzene rings is 2. The summed E-state index contributed by atoms with van der Waals surface area (Å²) in [6, 6.07) is 7.49. The number of carbonyl (C=O) groups is 1. The summed E-state index contributed by atoms with van der Waals surface area (Å²) in [6.45, 7) is 4.89. The standard InChI is InChI=1S/C23H26ClF3N8O/c1-13-5-6-16(33-22(36)32-15-7-8-18(24)17(11-15)23(25,26)27)12-19(13)34-21-31-14(2)30-20(35-21)29-10-4-3-9-28/h5-8,11-12H,3-4,9-10,28H2,1-2H3,(H2,32,33,36)(H2,29,30,31,34,35). The van der Waals surface area contributed by atoms with Gasteiger partial charge < -0.3 is 27.0 Å². The lowest BCUT2D eigenvalue weighted by Gasteiger charge is -2.14. The summed E-state index contributed by atoms with van der Waals surface area (Å²) >= 11 is 5.63. The Hall–Kier alpha value is -3.64. The van der Waals surface area contributed by atoms with Crippen molar-refractivity contribution in [3.63, 3.8) is 0 Å². The monoisotopic (exact) mass is 522 g/mol. The fourth-order valence-electron chi connectivity index (χ4n) is 3.15. The maximum atomic E-state index is 13.1. The van der Waals surface area contributed by atoms with E-state index >= 15 is 0 Å². The second-order valence-corrected chi connectivity index (χ2v) is 8.29. The molecule has 2 aromatic carbocycles. The molecule has 0 aliphatic heterocycles. The molecule has 192 valence electrons. The smallest absolute Gasteiger partial charge is 0.354 e. The zero-order valence-electron chi connectivity index (χ0n) is 19.6. The van der Waals surface area contributed by atoms with Crippen LogP contribution in [0.3, 0.4) is 0 Å². The van der Waals surface area contributed by atoms with E-state index in [0.717, 1.165) is 30.5 Å². The molecule has 0 spiro atoms. The Bertz CT molecular complexity index is 1220. The highest BCUT2D eigenvalue weighted by atomic mass is 35.5. The van der Waals surface area contributed by atoms with Gasteiger partial charge in [0.15, 0.2) is 0 Å². The highest BCUT2D eigenvalue weighted by molar-refractivity contribution is 6.31. The van der Waals surface area contributed by atoms with E-state index in [1.54, 1.807) is 25.1 Å². The normalized spacial score (nSPS) is 11.2. The first-order valence-electron chi connectivity index (χ1n) is 11.0. The van der Waals surface area contributed by atoms with Crippen LogP contribution in [0.4, 0.5) is 46.9 Å². The summed E-state index contributed by atoms with van der Waals surface area (Å²) in [5.41, 5.74) is 6.29. The van der Waals surface area contributed by atoms with E-state index in [1.807, 2.05) is 6.92 Å². The summed E-state index contributed by atoms with van der Waals surface area (Å²) in [7, 11) is 0. The maximum Gasteiger partial charge on any atom is 0.417 e. The van der Waals surface area contributed by atoms with Crippen LogP contribution in [0, 0.1) is 13.8 Å². The molecule has 6 N–H and O–H groups in total. The molecule has 0 aliphatic rings. The predicted octanol–water partition coefficient (Wildman–Crippen LogP) is 5.70. The van der Waals surface area contributed by atoms with Crippen molar-refractivity contribution in [3.8, 4) is 0 Å². The van der Waals surface area contributed by atoms with Gasteiger partial charge in [0.2, 0.25) is 11.9 Å². The van der Waals surface area contributed by atoms with Gasteiger partial charge in [-0.3, -0.25) is 0 Å². The van der Waals surface area contributed by atoms with E-state index in [9.17, 15) is 18.0 Å². The van der Waals surface area contributed by atoms with E-state index in [1.165, 1.54) is 6.07 Å². The molecule has 0 saturated heterocycles. The quantitative estimate of drug-likeness (QED) is 0.228. The van der Waals surface area contributed by atoms with Crippen LogP contribution < -0.4 is 27.0 Å². The van der Waals surface area contributed by atoms with Crippen molar-refractivity contribution in [2.45, 2.75) is 32.9 Å². The number of carbonyl (C=O) groups excluding carboxylic acids is 1. The number of aromatic nitrogens is 3. The predicted molar refractivity (Wildman–Crippen MR) is 135 cm³/mol. The van der Waals surface area contributed by atoms with Crippen LogP contribution in [0.25, 0.3) is 0 Å². The number of hydrogen-bond donors (Lipinski definition) is 5. The highest BCUT2D eigenvalue weighted by Crippen LogP contribution is 2.36. The number of anilines is 5. The minimum Gasteiger partial charge on any atom is -0.354 e. The third kappa shape index (κ3) is 7.68. The third-order valence-corrected chi connectivity index (χ3v) is 5.26.